The number of nitrogens with zero attached hydrogens (tertiary/aromatic N) is 4. The highest BCUT2D eigenvalue weighted by molar-refractivity contribution is 5.89. The van der Waals surface area contributed by atoms with Gasteiger partial charge < -0.3 is 9.80 Å². The molecule has 144 valence electrons. The fourth-order valence-electron chi connectivity index (χ4n) is 4.37. The number of aromatic amines is 1. The van der Waals surface area contributed by atoms with E-state index >= 15 is 0 Å². The Morgan fingerprint density at radius 3 is 2.85 bits per heavy atom. The summed E-state index contributed by atoms with van der Waals surface area (Å²) in [6.45, 7) is 8.02. The van der Waals surface area contributed by atoms with Crippen LogP contribution in [0.15, 0.2) is 18.3 Å². The van der Waals surface area contributed by atoms with Gasteiger partial charge in [-0.25, -0.2) is 4.98 Å². The number of carbonyl (C=O) groups excluding carboxylic acids is 2. The molecule has 0 aromatic carbocycles. The van der Waals surface area contributed by atoms with Gasteiger partial charge in [0.25, 0.3) is 0 Å². The molecule has 0 aliphatic carbocycles. The number of hydrogen-bond acceptors (Lipinski definition) is 4. The number of pyridine rings is 1. The van der Waals surface area contributed by atoms with Gasteiger partial charge >= 0.3 is 0 Å². The third-order valence-electron chi connectivity index (χ3n) is 5.78. The van der Waals surface area contributed by atoms with Gasteiger partial charge in [-0.15, -0.1) is 0 Å². The summed E-state index contributed by atoms with van der Waals surface area (Å²) in [5.41, 5.74) is 1.55. The third-order valence-corrected chi connectivity index (χ3v) is 5.78. The Hall–Kier alpha value is -2.44. The number of aromatic nitrogens is 3. The van der Waals surface area contributed by atoms with Crippen LogP contribution in [0.4, 0.5) is 0 Å². The van der Waals surface area contributed by atoms with Crippen LogP contribution >= 0.6 is 0 Å². The molecule has 2 atom stereocenters. The molecule has 0 unspecified atom stereocenters. The zero-order valence-corrected chi connectivity index (χ0v) is 16.2. The SMILES string of the molecule is CC(C)(C)N1C[C@@H](C(=O)N2CCC[C@H](c3[nH]nc4ncccc34)C2)CC1=O. The Morgan fingerprint density at radius 1 is 1.30 bits per heavy atom. The van der Waals surface area contributed by atoms with Gasteiger partial charge in [-0.3, -0.25) is 14.7 Å². The minimum Gasteiger partial charge on any atom is -0.342 e. The first-order valence-electron chi connectivity index (χ1n) is 9.73. The van der Waals surface area contributed by atoms with E-state index in [2.05, 4.69) is 15.2 Å². The third kappa shape index (κ3) is 3.31. The van der Waals surface area contributed by atoms with E-state index in [0.717, 1.165) is 36.1 Å². The second-order valence-corrected chi connectivity index (χ2v) is 8.71. The van der Waals surface area contributed by atoms with Gasteiger partial charge in [0.1, 0.15) is 0 Å². The standard InChI is InChI=1S/C20H27N5O2/c1-20(2,3)25-12-14(10-16(25)26)19(27)24-9-5-6-13(11-24)17-15-7-4-8-21-18(15)23-22-17/h4,7-8,13-14H,5-6,9-12H2,1-3H3,(H,21,22,23)/t13-,14-/m0/s1. The maximum Gasteiger partial charge on any atom is 0.228 e. The topological polar surface area (TPSA) is 82.2 Å². The molecule has 2 amide bonds. The minimum atomic E-state index is -0.238. The van der Waals surface area contributed by atoms with Crippen LogP contribution in [0.5, 0.6) is 0 Å². The van der Waals surface area contributed by atoms with E-state index in [1.807, 2.05) is 42.7 Å². The molecule has 2 fully saturated rings. The molecule has 0 radical (unpaired) electrons. The average molecular weight is 369 g/mol. The first kappa shape index (κ1) is 17.9. The van der Waals surface area contributed by atoms with Crippen molar-refractivity contribution in [3.63, 3.8) is 0 Å². The highest BCUT2D eigenvalue weighted by Gasteiger charge is 2.41. The highest BCUT2D eigenvalue weighted by Crippen LogP contribution is 2.32. The summed E-state index contributed by atoms with van der Waals surface area (Å²) in [6, 6.07) is 3.94. The van der Waals surface area contributed by atoms with Crippen LogP contribution in [0.25, 0.3) is 11.0 Å². The predicted octanol–water partition coefficient (Wildman–Crippen LogP) is 2.31. The van der Waals surface area contributed by atoms with Crippen molar-refractivity contribution in [2.75, 3.05) is 19.6 Å². The summed E-state index contributed by atoms with van der Waals surface area (Å²) in [5, 5.41) is 8.46. The summed E-state index contributed by atoms with van der Waals surface area (Å²) >= 11 is 0. The Labute approximate surface area is 159 Å². The quantitative estimate of drug-likeness (QED) is 0.881. The van der Waals surface area contributed by atoms with Crippen molar-refractivity contribution < 1.29 is 9.59 Å². The van der Waals surface area contributed by atoms with Gasteiger partial charge in [0.2, 0.25) is 11.8 Å². The molecule has 1 N–H and O–H groups in total. The number of nitrogens with one attached hydrogen (secondary N) is 1. The molecule has 27 heavy (non-hydrogen) atoms. The summed E-state index contributed by atoms with van der Waals surface area (Å²) < 4.78 is 0. The predicted molar refractivity (Wildman–Crippen MR) is 102 cm³/mol. The van der Waals surface area contributed by atoms with Crippen LogP contribution < -0.4 is 0 Å². The van der Waals surface area contributed by atoms with Crippen molar-refractivity contribution >= 4 is 22.8 Å². The number of fused-ring (bicyclic) bond motifs is 1. The van der Waals surface area contributed by atoms with E-state index in [9.17, 15) is 9.59 Å². The van der Waals surface area contributed by atoms with Gasteiger partial charge in [0.05, 0.1) is 5.92 Å². The van der Waals surface area contributed by atoms with Gasteiger partial charge in [-0.1, -0.05) is 0 Å². The normalized spacial score (nSPS) is 24.0. The Morgan fingerprint density at radius 2 is 2.11 bits per heavy atom. The van der Waals surface area contributed by atoms with Crippen LogP contribution in [0.2, 0.25) is 0 Å². The molecule has 0 bridgehead atoms. The van der Waals surface area contributed by atoms with Crippen molar-refractivity contribution in [2.45, 2.75) is 51.5 Å². The second-order valence-electron chi connectivity index (χ2n) is 8.71. The number of carbonyl (C=O) groups is 2. The molecule has 2 aromatic rings. The highest BCUT2D eigenvalue weighted by atomic mass is 16.2. The van der Waals surface area contributed by atoms with E-state index in [0.29, 0.717) is 19.5 Å². The molecule has 2 aromatic heterocycles. The number of amides is 2. The van der Waals surface area contributed by atoms with Crippen molar-refractivity contribution in [1.82, 2.24) is 25.0 Å². The Kier molecular flexibility index (Phi) is 4.40. The van der Waals surface area contributed by atoms with Gasteiger partial charge in [0, 0.05) is 54.8 Å². The van der Waals surface area contributed by atoms with Crippen LogP contribution in [-0.4, -0.2) is 62.0 Å². The van der Waals surface area contributed by atoms with Crippen LogP contribution in [0.3, 0.4) is 0 Å². The van der Waals surface area contributed by atoms with E-state index in [-0.39, 0.29) is 29.2 Å². The monoisotopic (exact) mass is 369 g/mol. The van der Waals surface area contributed by atoms with E-state index in [1.165, 1.54) is 0 Å². The van der Waals surface area contributed by atoms with Crippen LogP contribution in [0.1, 0.15) is 51.6 Å². The lowest BCUT2D eigenvalue weighted by Gasteiger charge is -2.35. The van der Waals surface area contributed by atoms with Crippen LogP contribution in [-0.2, 0) is 9.59 Å². The fraction of sp³-hybridized carbons (Fsp3) is 0.600. The van der Waals surface area contributed by atoms with E-state index in [4.69, 9.17) is 0 Å². The number of likely N-dealkylation sites (tertiary alicyclic amines) is 2. The first-order valence-corrected chi connectivity index (χ1v) is 9.73. The Bertz CT molecular complexity index is 869. The summed E-state index contributed by atoms with van der Waals surface area (Å²) in [6.07, 6.45) is 4.05. The first-order chi connectivity index (χ1) is 12.8. The van der Waals surface area contributed by atoms with E-state index < -0.39 is 0 Å². The van der Waals surface area contributed by atoms with Crippen molar-refractivity contribution in [3.8, 4) is 0 Å². The van der Waals surface area contributed by atoms with Crippen molar-refractivity contribution in [1.29, 1.82) is 0 Å². The minimum absolute atomic E-state index is 0.0834. The molecular formula is C20H27N5O2. The van der Waals surface area contributed by atoms with Gasteiger partial charge in [-0.2, -0.15) is 5.10 Å². The number of hydrogen-bond donors (Lipinski definition) is 1. The molecule has 7 heteroatoms. The molecule has 7 nitrogen and oxygen atoms in total. The maximum absolute atomic E-state index is 13.1. The summed E-state index contributed by atoms with van der Waals surface area (Å²) in [4.78, 5) is 33.5. The molecule has 2 aliphatic heterocycles. The largest absolute Gasteiger partial charge is 0.342 e. The molecule has 0 saturated carbocycles. The smallest absolute Gasteiger partial charge is 0.228 e. The molecule has 0 spiro atoms. The van der Waals surface area contributed by atoms with Gasteiger partial charge in [0.15, 0.2) is 5.65 Å². The van der Waals surface area contributed by atoms with Gasteiger partial charge in [-0.05, 0) is 45.7 Å². The maximum atomic E-state index is 13.1. The molecular weight excluding hydrogens is 342 g/mol. The zero-order chi connectivity index (χ0) is 19.2. The fourth-order valence-corrected chi connectivity index (χ4v) is 4.37. The lowest BCUT2D eigenvalue weighted by atomic mass is 9.92. The molecule has 2 saturated heterocycles. The van der Waals surface area contributed by atoms with Crippen molar-refractivity contribution in [2.24, 2.45) is 5.92 Å². The molecule has 2 aliphatic rings. The second kappa shape index (κ2) is 6.62. The Balaban J connectivity index is 1.49. The number of rotatable bonds is 2. The van der Waals surface area contributed by atoms with E-state index in [1.54, 1.807) is 6.20 Å². The van der Waals surface area contributed by atoms with Crippen LogP contribution in [0, 0.1) is 5.92 Å². The summed E-state index contributed by atoms with van der Waals surface area (Å²) in [7, 11) is 0. The molecule has 4 heterocycles. The van der Waals surface area contributed by atoms with Crippen molar-refractivity contribution in [3.05, 3.63) is 24.0 Å². The molecule has 4 rings (SSSR count). The lowest BCUT2D eigenvalue weighted by molar-refractivity contribution is -0.137. The summed E-state index contributed by atoms with van der Waals surface area (Å²) in [5.74, 6) is 0.199. The zero-order valence-electron chi connectivity index (χ0n) is 16.2. The lowest BCUT2D eigenvalue weighted by Crippen LogP contribution is -2.45. The average Bonchev–Trinajstić information content (AvgIpc) is 3.24. The number of piperidine rings is 1. The number of H-pyrrole nitrogens is 1.